The van der Waals surface area contributed by atoms with Crippen LogP contribution in [0.5, 0.6) is 5.75 Å². The van der Waals surface area contributed by atoms with Crippen molar-refractivity contribution in [2.45, 2.75) is 92.1 Å². The van der Waals surface area contributed by atoms with Crippen molar-refractivity contribution < 1.29 is 14.3 Å². The first-order valence-electron chi connectivity index (χ1n) is 9.55. The maximum atomic E-state index is 12.9. The second kappa shape index (κ2) is 7.09. The maximum absolute atomic E-state index is 12.9. The van der Waals surface area contributed by atoms with E-state index in [2.05, 4.69) is 60.6 Å². The molecule has 1 unspecified atom stereocenters. The summed E-state index contributed by atoms with van der Waals surface area (Å²) >= 11 is 0. The van der Waals surface area contributed by atoms with Crippen molar-refractivity contribution in [1.82, 2.24) is 0 Å². The summed E-state index contributed by atoms with van der Waals surface area (Å²) in [6, 6.07) is 4.27. The zero-order chi connectivity index (χ0) is 19.9. The molecule has 0 radical (unpaired) electrons. The first-order chi connectivity index (χ1) is 11.8. The van der Waals surface area contributed by atoms with Gasteiger partial charge >= 0.3 is 5.97 Å². The van der Waals surface area contributed by atoms with Gasteiger partial charge in [0.1, 0.15) is 11.5 Å². The quantitative estimate of drug-likeness (QED) is 0.371. The molecule has 0 aliphatic carbocycles. The molecule has 1 fully saturated rings. The van der Waals surface area contributed by atoms with E-state index in [4.69, 9.17) is 9.47 Å². The third-order valence-electron chi connectivity index (χ3n) is 4.89. The highest BCUT2D eigenvalue weighted by Gasteiger charge is 2.30. The monoisotopic (exact) mass is 358 g/mol. The Bertz CT molecular complexity index is 692. The number of rotatable bonds is 2. The van der Waals surface area contributed by atoms with Gasteiger partial charge in [-0.15, -0.1) is 0 Å². The molecule has 1 aromatic rings. The molecule has 1 heterocycles. The van der Waals surface area contributed by atoms with Gasteiger partial charge in [0.2, 0.25) is 0 Å². The van der Waals surface area contributed by atoms with Gasteiger partial charge in [-0.05, 0) is 38.0 Å². The Morgan fingerprint density at radius 2 is 1.58 bits per heavy atom. The molecule has 2 rings (SSSR count). The van der Waals surface area contributed by atoms with Crippen LogP contribution in [0.4, 0.5) is 0 Å². The number of aryl methyl sites for hydroxylation is 1. The van der Waals surface area contributed by atoms with E-state index in [1.807, 2.05) is 6.92 Å². The Balaban J connectivity index is 2.52. The van der Waals surface area contributed by atoms with E-state index in [0.29, 0.717) is 11.3 Å². The third kappa shape index (κ3) is 4.49. The molecular formula is C23H34O3. The van der Waals surface area contributed by atoms with E-state index >= 15 is 0 Å². The number of hydrogen-bond acceptors (Lipinski definition) is 3. The Morgan fingerprint density at radius 1 is 1.08 bits per heavy atom. The lowest BCUT2D eigenvalue weighted by Gasteiger charge is -2.30. The van der Waals surface area contributed by atoms with Gasteiger partial charge in [0.15, 0.2) is 0 Å². The summed E-state index contributed by atoms with van der Waals surface area (Å²) in [6.07, 6.45) is 1.92. The van der Waals surface area contributed by atoms with Gasteiger partial charge in [-0.2, -0.15) is 0 Å². The van der Waals surface area contributed by atoms with Crippen molar-refractivity contribution in [3.8, 4) is 5.75 Å². The van der Waals surface area contributed by atoms with Gasteiger partial charge in [0, 0.05) is 17.5 Å². The molecule has 0 bridgehead atoms. The van der Waals surface area contributed by atoms with Crippen molar-refractivity contribution in [3.05, 3.63) is 40.2 Å². The second-order valence-electron chi connectivity index (χ2n) is 9.59. The lowest BCUT2D eigenvalue weighted by atomic mass is 9.78. The van der Waals surface area contributed by atoms with Crippen LogP contribution in [0.1, 0.15) is 84.9 Å². The number of esters is 1. The predicted octanol–water partition coefficient (Wildman–Crippen LogP) is 5.97. The number of carbonyl (C=O) groups excluding carboxylic acids is 1. The first-order valence-corrected chi connectivity index (χ1v) is 9.55. The molecule has 144 valence electrons. The van der Waals surface area contributed by atoms with Crippen LogP contribution < -0.4 is 4.74 Å². The summed E-state index contributed by atoms with van der Waals surface area (Å²) in [7, 11) is 0. The van der Waals surface area contributed by atoms with Crippen LogP contribution in [-0.2, 0) is 20.4 Å². The molecule has 3 nitrogen and oxygen atoms in total. The lowest BCUT2D eigenvalue weighted by Crippen LogP contribution is -2.23. The summed E-state index contributed by atoms with van der Waals surface area (Å²) < 4.78 is 11.8. The number of hydrogen-bond donors (Lipinski definition) is 0. The average Bonchev–Trinajstić information content (AvgIpc) is 2.92. The minimum atomic E-state index is -0.311. The molecule has 0 saturated carbocycles. The molecule has 1 aromatic carbocycles. The average molecular weight is 359 g/mol. The molecule has 0 N–H and O–H groups in total. The van der Waals surface area contributed by atoms with Crippen LogP contribution in [0.2, 0.25) is 0 Å². The number of ether oxygens (including phenoxy) is 2. The van der Waals surface area contributed by atoms with E-state index in [1.165, 1.54) is 5.56 Å². The van der Waals surface area contributed by atoms with E-state index in [-0.39, 0.29) is 22.9 Å². The molecular weight excluding hydrogens is 324 g/mol. The summed E-state index contributed by atoms with van der Waals surface area (Å²) in [6.45, 7) is 18.8. The maximum Gasteiger partial charge on any atom is 0.342 e. The Hall–Kier alpha value is -1.77. The van der Waals surface area contributed by atoms with E-state index in [0.717, 1.165) is 29.7 Å². The van der Waals surface area contributed by atoms with Crippen LogP contribution in [-0.4, -0.2) is 12.1 Å². The van der Waals surface area contributed by atoms with Gasteiger partial charge in [-0.3, -0.25) is 0 Å². The molecule has 1 saturated heterocycles. The first kappa shape index (κ1) is 20.5. The minimum Gasteiger partial charge on any atom is -0.495 e. The summed E-state index contributed by atoms with van der Waals surface area (Å²) in [4.78, 5) is 12.9. The van der Waals surface area contributed by atoms with Gasteiger partial charge in [0.05, 0.1) is 11.7 Å². The fraction of sp³-hybridized carbons (Fsp3) is 0.609. The summed E-state index contributed by atoms with van der Waals surface area (Å²) in [5.41, 5.74) is 3.64. The largest absolute Gasteiger partial charge is 0.495 e. The molecule has 0 amide bonds. The topological polar surface area (TPSA) is 35.5 Å². The van der Waals surface area contributed by atoms with Gasteiger partial charge in [0.25, 0.3) is 0 Å². The SMILES string of the molecule is C/C(C(=O)Oc1c(C(C)(C)C)cc(C)cc1C(C)(C)C)=C1/CCC(C)O1. The number of carbonyl (C=O) groups is 1. The van der Waals surface area contributed by atoms with Crippen molar-refractivity contribution >= 4 is 5.97 Å². The van der Waals surface area contributed by atoms with Crippen molar-refractivity contribution in [1.29, 1.82) is 0 Å². The fourth-order valence-corrected chi connectivity index (χ4v) is 3.25. The third-order valence-corrected chi connectivity index (χ3v) is 4.89. The Morgan fingerprint density at radius 3 is 1.96 bits per heavy atom. The van der Waals surface area contributed by atoms with E-state index in [1.54, 1.807) is 6.92 Å². The van der Waals surface area contributed by atoms with Gasteiger partial charge in [-0.25, -0.2) is 4.79 Å². The normalized spacial score (nSPS) is 20.0. The highest BCUT2D eigenvalue weighted by Crippen LogP contribution is 2.41. The number of allylic oxidation sites excluding steroid dienone is 1. The van der Waals surface area contributed by atoms with Crippen LogP contribution in [0.25, 0.3) is 0 Å². The van der Waals surface area contributed by atoms with Crippen molar-refractivity contribution in [2.24, 2.45) is 0 Å². The smallest absolute Gasteiger partial charge is 0.342 e. The lowest BCUT2D eigenvalue weighted by molar-refractivity contribution is -0.130. The molecule has 0 spiro atoms. The summed E-state index contributed by atoms with van der Waals surface area (Å²) in [5.74, 6) is 1.16. The summed E-state index contributed by atoms with van der Waals surface area (Å²) in [5, 5.41) is 0. The zero-order valence-corrected chi connectivity index (χ0v) is 17.9. The van der Waals surface area contributed by atoms with Crippen molar-refractivity contribution in [3.63, 3.8) is 0 Å². The fourth-order valence-electron chi connectivity index (χ4n) is 3.25. The molecule has 1 aliphatic heterocycles. The molecule has 3 heteroatoms. The zero-order valence-electron chi connectivity index (χ0n) is 17.9. The van der Waals surface area contributed by atoms with E-state index < -0.39 is 0 Å². The van der Waals surface area contributed by atoms with E-state index in [9.17, 15) is 4.79 Å². The van der Waals surface area contributed by atoms with Crippen LogP contribution >= 0.6 is 0 Å². The molecule has 1 atom stereocenters. The van der Waals surface area contributed by atoms with Crippen LogP contribution in [0, 0.1) is 6.92 Å². The van der Waals surface area contributed by atoms with Crippen molar-refractivity contribution in [2.75, 3.05) is 0 Å². The van der Waals surface area contributed by atoms with Crippen LogP contribution in [0.3, 0.4) is 0 Å². The predicted molar refractivity (Wildman–Crippen MR) is 107 cm³/mol. The minimum absolute atomic E-state index is 0.124. The van der Waals surface area contributed by atoms with Gasteiger partial charge in [-0.1, -0.05) is 59.2 Å². The van der Waals surface area contributed by atoms with Gasteiger partial charge < -0.3 is 9.47 Å². The highest BCUT2D eigenvalue weighted by molar-refractivity contribution is 5.90. The molecule has 26 heavy (non-hydrogen) atoms. The number of benzene rings is 1. The molecule has 1 aliphatic rings. The van der Waals surface area contributed by atoms with Crippen LogP contribution in [0.15, 0.2) is 23.5 Å². The Kier molecular flexibility index (Phi) is 5.60. The Labute approximate surface area is 158 Å². The second-order valence-corrected chi connectivity index (χ2v) is 9.59. The standard InChI is InChI=1S/C23H34O3/c1-14-12-17(22(4,5)6)20(18(13-14)23(7,8)9)26-21(24)16(3)19-11-10-15(2)25-19/h12-13,15H,10-11H2,1-9H3/b19-16+. The highest BCUT2D eigenvalue weighted by atomic mass is 16.5. The molecule has 0 aromatic heterocycles.